The summed E-state index contributed by atoms with van der Waals surface area (Å²) >= 11 is 5.42. The molecule has 2 unspecified atom stereocenters. The van der Waals surface area contributed by atoms with Gasteiger partial charge in [-0.3, -0.25) is 0 Å². The van der Waals surface area contributed by atoms with Crippen LogP contribution in [0.25, 0.3) is 43.1 Å². The lowest BCUT2D eigenvalue weighted by Gasteiger charge is -2.22. The quantitative estimate of drug-likeness (QED) is 0.0992. The molecule has 7 heteroatoms. The van der Waals surface area contributed by atoms with Crippen LogP contribution >= 0.6 is 34.4 Å². The fourth-order valence-electron chi connectivity index (χ4n) is 6.51. The van der Waals surface area contributed by atoms with E-state index in [9.17, 15) is 10.5 Å². The van der Waals surface area contributed by atoms with Crippen molar-refractivity contribution in [2.24, 2.45) is 11.8 Å². The van der Waals surface area contributed by atoms with Crippen molar-refractivity contribution in [1.29, 1.82) is 10.5 Å². The van der Waals surface area contributed by atoms with Crippen molar-refractivity contribution in [3.63, 3.8) is 0 Å². The van der Waals surface area contributed by atoms with Crippen molar-refractivity contribution in [2.75, 3.05) is 13.2 Å². The highest BCUT2D eigenvalue weighted by Gasteiger charge is 2.28. The SMILES string of the molecule is CCCCC(CC)COc1cc2c(cc1OCC(CC)CCCC)-c1cc(-c3ccc(C#N)cc3)sc1Sc1sc(-c3ccc(C#N)cc3)cc1-2. The number of fused-ring (bicyclic) bond motifs is 5. The topological polar surface area (TPSA) is 66.0 Å². The van der Waals surface area contributed by atoms with Crippen molar-refractivity contribution in [3.8, 4) is 66.8 Å². The molecule has 0 spiro atoms. The first-order chi connectivity index (χ1) is 25.0. The molecule has 6 rings (SSSR count). The van der Waals surface area contributed by atoms with E-state index in [4.69, 9.17) is 9.47 Å². The van der Waals surface area contributed by atoms with Crippen molar-refractivity contribution < 1.29 is 9.47 Å². The van der Waals surface area contributed by atoms with Crippen LogP contribution < -0.4 is 9.47 Å². The molecule has 0 radical (unpaired) electrons. The van der Waals surface area contributed by atoms with Crippen molar-refractivity contribution in [1.82, 2.24) is 0 Å². The highest BCUT2D eigenvalue weighted by atomic mass is 32.2. The number of unbranched alkanes of at least 4 members (excludes halogenated alkanes) is 2. The normalized spacial score (nSPS) is 12.8. The summed E-state index contributed by atoms with van der Waals surface area (Å²) in [6.45, 7) is 10.4. The molecule has 51 heavy (non-hydrogen) atoms. The maximum Gasteiger partial charge on any atom is 0.161 e. The molecule has 0 aliphatic carbocycles. The van der Waals surface area contributed by atoms with Gasteiger partial charge in [0.25, 0.3) is 0 Å². The molecule has 262 valence electrons. The third-order valence-electron chi connectivity index (χ3n) is 9.88. The molecule has 4 nitrogen and oxygen atoms in total. The van der Waals surface area contributed by atoms with Crippen LogP contribution in [0.5, 0.6) is 11.5 Å². The van der Waals surface area contributed by atoms with Gasteiger partial charge in [-0.1, -0.05) is 102 Å². The van der Waals surface area contributed by atoms with Gasteiger partial charge in [0.05, 0.1) is 44.9 Å². The van der Waals surface area contributed by atoms with Gasteiger partial charge in [-0.25, -0.2) is 0 Å². The van der Waals surface area contributed by atoms with E-state index in [-0.39, 0.29) is 0 Å². The van der Waals surface area contributed by atoms with Gasteiger partial charge in [-0.2, -0.15) is 10.5 Å². The van der Waals surface area contributed by atoms with E-state index < -0.39 is 0 Å². The Bertz CT molecular complexity index is 1870. The Morgan fingerprint density at radius 1 is 0.569 bits per heavy atom. The molecule has 0 N–H and O–H groups in total. The van der Waals surface area contributed by atoms with Gasteiger partial charge in [0, 0.05) is 20.9 Å². The summed E-state index contributed by atoms with van der Waals surface area (Å²) in [5.41, 5.74) is 8.24. The Balaban J connectivity index is 1.48. The second-order valence-corrected chi connectivity index (χ2v) is 17.0. The predicted molar refractivity (Wildman–Crippen MR) is 215 cm³/mol. The molecule has 2 atom stereocenters. The summed E-state index contributed by atoms with van der Waals surface area (Å²) in [4.78, 5) is 2.34. The van der Waals surface area contributed by atoms with Gasteiger partial charge in [0.1, 0.15) is 0 Å². The Morgan fingerprint density at radius 2 is 0.980 bits per heavy atom. The Morgan fingerprint density at radius 3 is 1.33 bits per heavy atom. The first-order valence-electron chi connectivity index (χ1n) is 18.4. The zero-order valence-corrected chi connectivity index (χ0v) is 32.5. The summed E-state index contributed by atoms with van der Waals surface area (Å²) in [5.74, 6) is 2.64. The number of benzene rings is 3. The van der Waals surface area contributed by atoms with E-state index in [1.54, 1.807) is 22.7 Å². The van der Waals surface area contributed by atoms with E-state index in [1.165, 1.54) is 67.8 Å². The highest BCUT2D eigenvalue weighted by molar-refractivity contribution is 8.03. The van der Waals surface area contributed by atoms with Gasteiger partial charge in [-0.05, 0) is 95.5 Å². The molecular weight excluding hydrogens is 685 g/mol. The molecule has 0 saturated heterocycles. The van der Waals surface area contributed by atoms with Gasteiger partial charge in [0.2, 0.25) is 0 Å². The molecule has 0 amide bonds. The average molecular weight is 731 g/mol. The molecule has 3 heterocycles. The van der Waals surface area contributed by atoms with Gasteiger partial charge in [0.15, 0.2) is 11.5 Å². The van der Waals surface area contributed by atoms with E-state index in [2.05, 4.69) is 64.1 Å². The molecular formula is C44H46N2O2S3. The molecule has 3 aromatic carbocycles. The van der Waals surface area contributed by atoms with Crippen LogP contribution in [0.2, 0.25) is 0 Å². The number of nitriles is 2. The highest BCUT2D eigenvalue weighted by Crippen LogP contribution is 2.57. The van der Waals surface area contributed by atoms with Crippen LogP contribution in [0.3, 0.4) is 0 Å². The van der Waals surface area contributed by atoms with Gasteiger partial charge >= 0.3 is 0 Å². The number of hydrogen-bond acceptors (Lipinski definition) is 7. The second-order valence-electron chi connectivity index (χ2n) is 13.4. The summed E-state index contributed by atoms with van der Waals surface area (Å²) < 4.78 is 16.0. The summed E-state index contributed by atoms with van der Waals surface area (Å²) in [6, 6.07) is 29.4. The minimum Gasteiger partial charge on any atom is -0.489 e. The molecule has 0 fully saturated rings. The van der Waals surface area contributed by atoms with Crippen molar-refractivity contribution in [2.45, 2.75) is 87.5 Å². The monoisotopic (exact) mass is 730 g/mol. The first kappa shape index (κ1) is 36.8. The van der Waals surface area contributed by atoms with Crippen LogP contribution in [0, 0.1) is 34.5 Å². The van der Waals surface area contributed by atoms with E-state index in [0.29, 0.717) is 36.2 Å². The average Bonchev–Trinajstić information content (AvgIpc) is 3.77. The molecule has 2 aromatic heterocycles. The van der Waals surface area contributed by atoms with Crippen LogP contribution in [0.15, 0.2) is 81.2 Å². The molecule has 0 saturated carbocycles. The van der Waals surface area contributed by atoms with Crippen LogP contribution in [0.1, 0.15) is 90.2 Å². The van der Waals surface area contributed by atoms with Crippen LogP contribution in [0.4, 0.5) is 0 Å². The summed E-state index contributed by atoms with van der Waals surface area (Å²) in [7, 11) is 0. The zero-order valence-electron chi connectivity index (χ0n) is 30.1. The Hall–Kier alpha value is -4.01. The third kappa shape index (κ3) is 8.56. The maximum atomic E-state index is 9.39. The lowest BCUT2D eigenvalue weighted by Crippen LogP contribution is -2.14. The Kier molecular flexibility index (Phi) is 12.6. The lowest BCUT2D eigenvalue weighted by atomic mass is 9.95. The summed E-state index contributed by atoms with van der Waals surface area (Å²) in [5, 5.41) is 18.8. The smallest absolute Gasteiger partial charge is 0.161 e. The largest absolute Gasteiger partial charge is 0.489 e. The van der Waals surface area contributed by atoms with E-state index in [0.717, 1.165) is 46.6 Å². The van der Waals surface area contributed by atoms with E-state index >= 15 is 0 Å². The van der Waals surface area contributed by atoms with Crippen molar-refractivity contribution >= 4 is 34.4 Å². The number of hydrogen-bond donors (Lipinski definition) is 0. The standard InChI is InChI=1S/C44H46N2O2S3/c1-5-9-11-29(7-3)27-47-39-21-35-36(22-40(39)48-28-30(8-4)12-10-6-2)38-24-42(34-19-15-32(26-46)16-20-34)50-44(38)51-43-37(35)23-41(49-43)33-17-13-31(25-45)14-18-33/h13-24,29-30H,5-12,27-28H2,1-4H3. The number of nitrogens with zero attached hydrogens (tertiary/aromatic N) is 2. The first-order valence-corrected chi connectivity index (χ1v) is 20.8. The van der Waals surface area contributed by atoms with Crippen molar-refractivity contribution in [3.05, 3.63) is 83.9 Å². The molecule has 1 aliphatic rings. The predicted octanol–water partition coefficient (Wildman–Crippen LogP) is 13.9. The third-order valence-corrected chi connectivity index (χ3v) is 13.6. The number of rotatable bonds is 16. The second kappa shape index (κ2) is 17.5. The Labute approximate surface area is 316 Å². The van der Waals surface area contributed by atoms with Crippen LogP contribution in [-0.2, 0) is 0 Å². The minimum atomic E-state index is 0.498. The number of ether oxygens (including phenoxy) is 2. The fourth-order valence-corrected chi connectivity index (χ4v) is 10.6. The lowest BCUT2D eigenvalue weighted by molar-refractivity contribution is 0.199. The van der Waals surface area contributed by atoms with Crippen LogP contribution in [-0.4, -0.2) is 13.2 Å². The fraction of sp³-hybridized carbons (Fsp3) is 0.364. The van der Waals surface area contributed by atoms with Gasteiger partial charge < -0.3 is 9.47 Å². The maximum absolute atomic E-state index is 9.39. The van der Waals surface area contributed by atoms with E-state index in [1.807, 2.05) is 60.3 Å². The number of thiophene rings is 2. The van der Waals surface area contributed by atoms with Gasteiger partial charge in [-0.15, -0.1) is 22.7 Å². The summed E-state index contributed by atoms with van der Waals surface area (Å²) in [6.07, 6.45) is 9.30. The molecule has 1 aliphatic heterocycles. The molecule has 0 bridgehead atoms. The zero-order chi connectivity index (χ0) is 35.7. The minimum absolute atomic E-state index is 0.498. The molecule has 5 aromatic rings.